The van der Waals surface area contributed by atoms with Crippen LogP contribution in [0.1, 0.15) is 23.2 Å². The van der Waals surface area contributed by atoms with Crippen molar-refractivity contribution in [2.24, 2.45) is 0 Å². The van der Waals surface area contributed by atoms with E-state index >= 15 is 0 Å². The Bertz CT molecular complexity index is 1270. The summed E-state index contributed by atoms with van der Waals surface area (Å²) in [5.74, 6) is 1.12. The van der Waals surface area contributed by atoms with Crippen LogP contribution >= 0.6 is 36.4 Å². The molecule has 0 aliphatic carbocycles. The Morgan fingerprint density at radius 1 is 1.32 bits per heavy atom. The van der Waals surface area contributed by atoms with Gasteiger partial charge in [-0.15, -0.1) is 24.8 Å². The Morgan fingerprint density at radius 2 is 2.18 bits per heavy atom. The van der Waals surface area contributed by atoms with E-state index in [4.69, 9.17) is 31.0 Å². The maximum Gasteiger partial charge on any atom is 0.261 e. The summed E-state index contributed by atoms with van der Waals surface area (Å²) in [6.07, 6.45) is 4.28. The smallest absolute Gasteiger partial charge is 0.261 e. The van der Waals surface area contributed by atoms with Gasteiger partial charge in [0.1, 0.15) is 5.75 Å². The molecule has 1 unspecified atom stereocenters. The lowest BCUT2D eigenvalue weighted by Gasteiger charge is -2.32. The molecule has 0 spiro atoms. The number of nitrogens with zero attached hydrogens (tertiary/aromatic N) is 4. The van der Waals surface area contributed by atoms with Gasteiger partial charge in [0.15, 0.2) is 0 Å². The lowest BCUT2D eigenvalue weighted by atomic mass is 9.98. The minimum atomic E-state index is -0.245. The van der Waals surface area contributed by atoms with E-state index in [0.29, 0.717) is 46.3 Å². The van der Waals surface area contributed by atoms with Gasteiger partial charge in [-0.2, -0.15) is 0 Å². The van der Waals surface area contributed by atoms with E-state index in [-0.39, 0.29) is 30.4 Å². The Balaban J connectivity index is 0.00000137. The molecule has 0 radical (unpaired) electrons. The zero-order valence-electron chi connectivity index (χ0n) is 18.6. The average molecular weight is 527 g/mol. The maximum atomic E-state index is 12.7. The van der Waals surface area contributed by atoms with Gasteiger partial charge in [0.2, 0.25) is 5.95 Å². The summed E-state index contributed by atoms with van der Waals surface area (Å²) in [4.78, 5) is 29.7. The van der Waals surface area contributed by atoms with Crippen LogP contribution in [-0.2, 0) is 24.2 Å². The van der Waals surface area contributed by atoms with E-state index < -0.39 is 0 Å². The molecule has 0 amide bonds. The molecule has 2 bridgehead atoms. The van der Waals surface area contributed by atoms with Crippen molar-refractivity contribution in [3.05, 3.63) is 56.6 Å². The van der Waals surface area contributed by atoms with Gasteiger partial charge in [-0.05, 0) is 36.1 Å². The largest absolute Gasteiger partial charge is 0.497 e. The van der Waals surface area contributed by atoms with E-state index in [0.717, 1.165) is 44.8 Å². The number of pyridine rings is 1. The van der Waals surface area contributed by atoms with Gasteiger partial charge < -0.3 is 14.4 Å². The quantitative estimate of drug-likeness (QED) is 0.558. The summed E-state index contributed by atoms with van der Waals surface area (Å²) < 4.78 is 11.0. The number of morpholine rings is 1. The molecule has 6 rings (SSSR count). The van der Waals surface area contributed by atoms with Crippen molar-refractivity contribution in [1.29, 1.82) is 0 Å². The second kappa shape index (κ2) is 9.87. The highest BCUT2D eigenvalue weighted by atomic mass is 35.5. The van der Waals surface area contributed by atoms with Crippen LogP contribution < -0.4 is 15.2 Å². The number of ether oxygens (including phenoxy) is 2. The molecule has 3 aliphatic heterocycles. The SMILES string of the molecule is COc1cc(Cl)c2c(=O)[nH]c(N3CCc4c(ccnc4CN4CC5C[C@H]4CO5)C3)nc2c1.Cl.Cl. The van der Waals surface area contributed by atoms with Crippen molar-refractivity contribution in [3.8, 4) is 5.75 Å². The normalized spacial score (nSPS) is 21.2. The number of aromatic amines is 1. The highest BCUT2D eigenvalue weighted by molar-refractivity contribution is 6.35. The van der Waals surface area contributed by atoms with Crippen molar-refractivity contribution < 1.29 is 9.47 Å². The van der Waals surface area contributed by atoms with Crippen molar-refractivity contribution in [3.63, 3.8) is 0 Å². The third kappa shape index (κ3) is 4.33. The van der Waals surface area contributed by atoms with Crippen LogP contribution in [-0.4, -0.2) is 58.8 Å². The third-order valence-electron chi connectivity index (χ3n) is 6.86. The number of aromatic nitrogens is 3. The van der Waals surface area contributed by atoms with Gasteiger partial charge in [-0.1, -0.05) is 11.6 Å². The van der Waals surface area contributed by atoms with Crippen molar-refractivity contribution >= 4 is 53.3 Å². The maximum absolute atomic E-state index is 12.7. The number of fused-ring (bicyclic) bond motifs is 4. The summed E-state index contributed by atoms with van der Waals surface area (Å²) in [6.45, 7) is 4.13. The molecule has 0 saturated carbocycles. The first-order valence-corrected chi connectivity index (χ1v) is 11.3. The van der Waals surface area contributed by atoms with E-state index in [1.165, 1.54) is 11.1 Å². The number of halogens is 3. The Hall–Kier alpha value is -2.10. The topological polar surface area (TPSA) is 83.6 Å². The lowest BCUT2D eigenvalue weighted by Crippen LogP contribution is -2.38. The molecule has 182 valence electrons. The average Bonchev–Trinajstić information content (AvgIpc) is 3.41. The van der Waals surface area contributed by atoms with E-state index in [1.54, 1.807) is 19.2 Å². The summed E-state index contributed by atoms with van der Waals surface area (Å²) in [6, 6.07) is 5.97. The second-order valence-electron chi connectivity index (χ2n) is 8.73. The minimum Gasteiger partial charge on any atom is -0.497 e. The number of nitrogens with one attached hydrogen (secondary N) is 1. The van der Waals surface area contributed by atoms with Gasteiger partial charge >= 0.3 is 0 Å². The fraction of sp³-hybridized carbons (Fsp3) is 0.435. The van der Waals surface area contributed by atoms with Gasteiger partial charge in [0.25, 0.3) is 5.56 Å². The number of H-pyrrole nitrogens is 1. The number of methoxy groups -OCH3 is 1. The number of hydrogen-bond acceptors (Lipinski definition) is 7. The Labute approximate surface area is 214 Å². The van der Waals surface area contributed by atoms with E-state index in [1.807, 2.05) is 6.20 Å². The van der Waals surface area contributed by atoms with Crippen LogP contribution in [0, 0.1) is 0 Å². The zero-order chi connectivity index (χ0) is 21.8. The summed E-state index contributed by atoms with van der Waals surface area (Å²) in [5, 5.41) is 0.712. The molecule has 2 fully saturated rings. The molecule has 1 N–H and O–H groups in total. The number of hydrogen-bond donors (Lipinski definition) is 1. The molecule has 3 aromatic rings. The first kappa shape index (κ1) is 25.0. The number of benzene rings is 1. The molecule has 11 heteroatoms. The van der Waals surface area contributed by atoms with E-state index in [2.05, 4.69) is 20.9 Å². The second-order valence-corrected chi connectivity index (χ2v) is 9.14. The van der Waals surface area contributed by atoms with Crippen molar-refractivity contribution in [2.45, 2.75) is 38.1 Å². The monoisotopic (exact) mass is 525 g/mol. The first-order chi connectivity index (χ1) is 15.6. The minimum absolute atomic E-state index is 0. The van der Waals surface area contributed by atoms with Gasteiger partial charge in [0.05, 0.1) is 41.4 Å². The van der Waals surface area contributed by atoms with Gasteiger partial charge in [0, 0.05) is 44.5 Å². The molecular weight excluding hydrogens is 501 g/mol. The zero-order valence-corrected chi connectivity index (χ0v) is 21.0. The van der Waals surface area contributed by atoms with Crippen LogP contribution in [0.3, 0.4) is 0 Å². The Morgan fingerprint density at radius 3 is 2.91 bits per heavy atom. The molecule has 2 saturated heterocycles. The van der Waals surface area contributed by atoms with Crippen LogP contribution in [0.2, 0.25) is 5.02 Å². The molecule has 3 aliphatic rings. The summed E-state index contributed by atoms with van der Waals surface area (Å²) in [5.41, 5.74) is 3.99. The molecular formula is C23H26Cl3N5O3. The number of rotatable bonds is 4. The van der Waals surface area contributed by atoms with E-state index in [9.17, 15) is 4.79 Å². The molecule has 2 aromatic heterocycles. The lowest BCUT2D eigenvalue weighted by molar-refractivity contribution is 0.0267. The standard InChI is InChI=1S/C23H24ClN5O3.2ClH/c1-31-15-7-18(24)21-19(8-15)26-23(27-22(21)30)28-5-3-17-13(9-28)2-4-25-20(17)11-29-10-16-6-14(29)12-32-16;;/h2,4,7-8,14,16H,3,5-6,9-12H2,1H3,(H,26,27,30);2*1H/t14-,16?;;/m0../s1. The van der Waals surface area contributed by atoms with Crippen LogP contribution in [0.4, 0.5) is 5.95 Å². The first-order valence-electron chi connectivity index (χ1n) is 10.9. The molecule has 34 heavy (non-hydrogen) atoms. The van der Waals surface area contributed by atoms with Crippen LogP contribution in [0.5, 0.6) is 5.75 Å². The predicted molar refractivity (Wildman–Crippen MR) is 136 cm³/mol. The number of likely N-dealkylation sites (tertiary alicyclic amines) is 1. The van der Waals surface area contributed by atoms with Gasteiger partial charge in [-0.25, -0.2) is 4.98 Å². The van der Waals surface area contributed by atoms with Crippen molar-refractivity contribution in [2.75, 3.05) is 31.7 Å². The van der Waals surface area contributed by atoms with Crippen molar-refractivity contribution in [1.82, 2.24) is 19.9 Å². The molecule has 8 nitrogen and oxygen atoms in total. The highest BCUT2D eigenvalue weighted by Crippen LogP contribution is 2.32. The van der Waals surface area contributed by atoms with Crippen LogP contribution in [0.15, 0.2) is 29.2 Å². The molecule has 5 heterocycles. The summed E-state index contributed by atoms with van der Waals surface area (Å²) >= 11 is 6.29. The fourth-order valence-corrected chi connectivity index (χ4v) is 5.49. The highest BCUT2D eigenvalue weighted by Gasteiger charge is 2.39. The fourth-order valence-electron chi connectivity index (χ4n) is 5.20. The Kier molecular flexibility index (Phi) is 7.26. The third-order valence-corrected chi connectivity index (χ3v) is 7.16. The predicted octanol–water partition coefficient (Wildman–Crippen LogP) is 3.36. The summed E-state index contributed by atoms with van der Waals surface area (Å²) in [7, 11) is 1.57. The molecule has 2 atom stereocenters. The molecule has 1 aromatic carbocycles. The number of anilines is 1. The van der Waals surface area contributed by atoms with Crippen LogP contribution in [0.25, 0.3) is 10.9 Å². The van der Waals surface area contributed by atoms with Gasteiger partial charge in [-0.3, -0.25) is 19.7 Å².